The Morgan fingerprint density at radius 3 is 1.51 bits per heavy atom. The van der Waals surface area contributed by atoms with E-state index in [1.807, 2.05) is 6.08 Å². The van der Waals surface area contributed by atoms with Crippen molar-refractivity contribution in [3.8, 4) is 0 Å². The molecule has 35 heavy (non-hydrogen) atoms. The largest absolute Gasteiger partial charge is 0.478 e. The summed E-state index contributed by atoms with van der Waals surface area (Å²) in [6.45, 7) is 10.1. The van der Waals surface area contributed by atoms with Gasteiger partial charge in [-0.05, 0) is 108 Å². The third kappa shape index (κ3) is 8.08. The molecule has 0 radical (unpaired) electrons. The van der Waals surface area contributed by atoms with Crippen LogP contribution in [-0.4, -0.2) is 33.2 Å². The van der Waals surface area contributed by atoms with Crippen LogP contribution in [0.1, 0.15) is 98.3 Å². The highest BCUT2D eigenvalue weighted by molar-refractivity contribution is 5.87. The van der Waals surface area contributed by atoms with Crippen molar-refractivity contribution < 1.29 is 29.7 Å². The van der Waals surface area contributed by atoms with Gasteiger partial charge < -0.3 is 15.3 Å². The van der Waals surface area contributed by atoms with Gasteiger partial charge in [-0.2, -0.15) is 0 Å². The minimum atomic E-state index is -0.935. The molecule has 0 aromatic rings. The molecule has 6 heteroatoms. The number of carbonyl (C=O) groups is 3. The van der Waals surface area contributed by atoms with Gasteiger partial charge in [-0.25, -0.2) is 14.4 Å². The Hall–Kier alpha value is -2.37. The highest BCUT2D eigenvalue weighted by atomic mass is 16.4. The van der Waals surface area contributed by atoms with Crippen molar-refractivity contribution >= 4 is 17.9 Å². The van der Waals surface area contributed by atoms with Gasteiger partial charge in [0.25, 0.3) is 0 Å². The molecule has 0 atom stereocenters. The lowest BCUT2D eigenvalue weighted by Crippen LogP contribution is -2.47. The van der Waals surface area contributed by atoms with Gasteiger partial charge in [0.1, 0.15) is 0 Å². The lowest BCUT2D eigenvalue weighted by Gasteiger charge is -2.57. The zero-order valence-corrected chi connectivity index (χ0v) is 21.9. The van der Waals surface area contributed by atoms with Crippen molar-refractivity contribution in [1.82, 2.24) is 0 Å². The summed E-state index contributed by atoms with van der Waals surface area (Å²) in [5.74, 6) is 0.747. The van der Waals surface area contributed by atoms with E-state index in [0.717, 1.165) is 17.8 Å². The van der Waals surface area contributed by atoms with Crippen molar-refractivity contribution in [1.29, 1.82) is 0 Å². The Kier molecular flexibility index (Phi) is 10.3. The molecule has 0 aromatic heterocycles. The van der Waals surface area contributed by atoms with Crippen LogP contribution in [0.5, 0.6) is 0 Å². The van der Waals surface area contributed by atoms with Crippen LogP contribution in [0.4, 0.5) is 0 Å². The molecule has 4 bridgehead atoms. The molecule has 0 aromatic carbocycles. The van der Waals surface area contributed by atoms with Gasteiger partial charge in [-0.1, -0.05) is 37.5 Å². The fourth-order valence-electron chi connectivity index (χ4n) is 6.85. The summed E-state index contributed by atoms with van der Waals surface area (Å²) < 4.78 is 0. The number of rotatable bonds is 5. The van der Waals surface area contributed by atoms with Crippen LogP contribution in [0.3, 0.4) is 0 Å². The molecule has 0 amide bonds. The monoisotopic (exact) mass is 488 g/mol. The second-order valence-corrected chi connectivity index (χ2v) is 11.4. The van der Waals surface area contributed by atoms with E-state index in [1.54, 1.807) is 13.8 Å². The highest BCUT2D eigenvalue weighted by Crippen LogP contribution is 2.62. The van der Waals surface area contributed by atoms with Crippen molar-refractivity contribution in [3.05, 3.63) is 34.9 Å². The minimum absolute atomic E-state index is 0.176. The van der Waals surface area contributed by atoms with Gasteiger partial charge >= 0.3 is 17.9 Å². The van der Waals surface area contributed by atoms with Crippen LogP contribution in [0.15, 0.2) is 34.9 Å². The molecule has 5 fully saturated rings. The topological polar surface area (TPSA) is 112 Å². The highest BCUT2D eigenvalue weighted by Gasteiger charge is 2.52. The molecule has 0 aliphatic heterocycles. The Bertz CT molecular complexity index is 824. The van der Waals surface area contributed by atoms with Gasteiger partial charge in [-0.3, -0.25) is 0 Å². The molecule has 196 valence electrons. The van der Waals surface area contributed by atoms with Crippen LogP contribution in [0.25, 0.3) is 0 Å². The summed E-state index contributed by atoms with van der Waals surface area (Å²) in [6.07, 6.45) is 16.1. The Morgan fingerprint density at radius 1 is 0.743 bits per heavy atom. The van der Waals surface area contributed by atoms with Crippen LogP contribution in [-0.2, 0) is 14.4 Å². The number of hydrogen-bond donors (Lipinski definition) is 3. The molecular formula is C29H44O6. The Labute approximate surface area is 210 Å². The number of carboxylic acid groups (broad SMARTS) is 3. The van der Waals surface area contributed by atoms with E-state index in [-0.39, 0.29) is 11.0 Å². The molecule has 5 aliphatic carbocycles. The zero-order chi connectivity index (χ0) is 26.3. The van der Waals surface area contributed by atoms with E-state index < -0.39 is 17.9 Å². The number of carboxylic acids is 3. The first-order valence-electron chi connectivity index (χ1n) is 13.1. The van der Waals surface area contributed by atoms with Crippen LogP contribution in [0.2, 0.25) is 0 Å². The molecule has 5 aliphatic rings. The fourth-order valence-corrected chi connectivity index (χ4v) is 6.85. The second-order valence-electron chi connectivity index (χ2n) is 11.4. The van der Waals surface area contributed by atoms with Crippen molar-refractivity contribution in [2.75, 3.05) is 0 Å². The first-order valence-corrected chi connectivity index (χ1v) is 13.1. The third-order valence-corrected chi connectivity index (χ3v) is 8.55. The van der Waals surface area contributed by atoms with E-state index in [1.165, 1.54) is 83.1 Å². The van der Waals surface area contributed by atoms with Crippen LogP contribution >= 0.6 is 0 Å². The normalized spacial score (nSPS) is 30.2. The minimum Gasteiger partial charge on any atom is -0.478 e. The first kappa shape index (κ1) is 28.9. The quantitative estimate of drug-likeness (QED) is 0.364. The van der Waals surface area contributed by atoms with Gasteiger partial charge in [0.05, 0.1) is 0 Å². The summed E-state index contributed by atoms with van der Waals surface area (Å²) in [6, 6.07) is 0. The maximum atomic E-state index is 11.2. The van der Waals surface area contributed by atoms with Gasteiger partial charge in [0.15, 0.2) is 0 Å². The molecule has 0 spiro atoms. The first-order chi connectivity index (χ1) is 16.3. The molecule has 3 N–H and O–H groups in total. The number of aliphatic carboxylic acids is 3. The summed E-state index contributed by atoms with van der Waals surface area (Å²) >= 11 is 0. The number of allylic oxidation sites excluding steroid dienone is 2. The van der Waals surface area contributed by atoms with Crippen molar-refractivity contribution in [3.63, 3.8) is 0 Å². The third-order valence-electron chi connectivity index (χ3n) is 8.55. The molecule has 0 saturated heterocycles. The fraction of sp³-hybridized carbons (Fsp3) is 0.690. The standard InChI is InChI=1S/C15H22O2.C10H16O2.C4H6O2/c1-9(14(16)17)10(2)15-6-11-3-12(7-15)5-13(4-11)8-15;1-8(10(11)12)7-9-5-3-2-4-6-9;1-3(2)4(5)6/h11-13H,3-8H2,1-2H3,(H,16,17);7,9H,2-6H2,1H3,(H,11,12);1H2,2H3,(H,5,6). The van der Waals surface area contributed by atoms with E-state index in [2.05, 4.69) is 13.5 Å². The average Bonchev–Trinajstić information content (AvgIpc) is 2.78. The van der Waals surface area contributed by atoms with Crippen molar-refractivity contribution in [2.45, 2.75) is 98.3 Å². The van der Waals surface area contributed by atoms with Crippen LogP contribution in [0, 0.1) is 29.1 Å². The summed E-state index contributed by atoms with van der Waals surface area (Å²) in [7, 11) is 0. The molecular weight excluding hydrogens is 444 g/mol. The summed E-state index contributed by atoms with van der Waals surface area (Å²) in [5, 5.41) is 25.7. The SMILES string of the molecule is C=C(C)C(=O)O.CC(=CC1CCCCC1)C(=O)O.CC(C(=O)O)=C(C)C12CC3CC(CC(C3)C1)C2. The van der Waals surface area contributed by atoms with E-state index in [0.29, 0.717) is 17.1 Å². The maximum Gasteiger partial charge on any atom is 0.331 e. The van der Waals surface area contributed by atoms with Gasteiger partial charge in [0, 0.05) is 16.7 Å². The smallest absolute Gasteiger partial charge is 0.331 e. The molecule has 5 saturated carbocycles. The summed E-state index contributed by atoms with van der Waals surface area (Å²) in [5.41, 5.74) is 2.73. The lowest BCUT2D eigenvalue weighted by atomic mass is 9.47. The predicted octanol–water partition coefficient (Wildman–Crippen LogP) is 6.87. The molecule has 0 heterocycles. The van der Waals surface area contributed by atoms with E-state index in [4.69, 9.17) is 10.2 Å². The Morgan fingerprint density at radius 2 is 1.17 bits per heavy atom. The maximum absolute atomic E-state index is 11.2. The average molecular weight is 489 g/mol. The van der Waals surface area contributed by atoms with E-state index >= 15 is 0 Å². The van der Waals surface area contributed by atoms with Crippen LogP contribution < -0.4 is 0 Å². The van der Waals surface area contributed by atoms with E-state index in [9.17, 15) is 19.5 Å². The molecule has 5 rings (SSSR count). The van der Waals surface area contributed by atoms with Crippen molar-refractivity contribution in [2.24, 2.45) is 29.1 Å². The predicted molar refractivity (Wildman–Crippen MR) is 137 cm³/mol. The van der Waals surface area contributed by atoms with Gasteiger partial charge in [0.2, 0.25) is 0 Å². The molecule has 6 nitrogen and oxygen atoms in total. The Balaban J connectivity index is 0.000000210. The zero-order valence-electron chi connectivity index (χ0n) is 21.9. The lowest BCUT2D eigenvalue weighted by molar-refractivity contribution is -0.133. The number of hydrogen-bond acceptors (Lipinski definition) is 3. The van der Waals surface area contributed by atoms with Gasteiger partial charge in [-0.15, -0.1) is 0 Å². The summed E-state index contributed by atoms with van der Waals surface area (Å²) in [4.78, 5) is 31.3. The molecule has 0 unspecified atom stereocenters. The second kappa shape index (κ2) is 12.5.